The van der Waals surface area contributed by atoms with E-state index in [4.69, 9.17) is 5.73 Å². The molecule has 1 aromatic rings. The first kappa shape index (κ1) is 12.2. The standard InChI is InChI=1S/C13H20FN/c1-13(2,3)11-6-4-10(5-7-11)12(15)8-9-14/h4-7,12H,8-9,15H2,1-3H3/t12-/m1/s1. The van der Waals surface area contributed by atoms with Crippen LogP contribution in [0.5, 0.6) is 0 Å². The summed E-state index contributed by atoms with van der Waals surface area (Å²) in [5, 5.41) is 0. The molecule has 0 saturated carbocycles. The summed E-state index contributed by atoms with van der Waals surface area (Å²) in [5.41, 5.74) is 8.27. The molecule has 0 amide bonds. The minimum absolute atomic E-state index is 0.155. The Morgan fingerprint density at radius 2 is 1.73 bits per heavy atom. The van der Waals surface area contributed by atoms with Gasteiger partial charge in [0.05, 0.1) is 6.67 Å². The zero-order valence-electron chi connectivity index (χ0n) is 9.76. The van der Waals surface area contributed by atoms with Crippen LogP contribution >= 0.6 is 0 Å². The van der Waals surface area contributed by atoms with E-state index < -0.39 is 0 Å². The van der Waals surface area contributed by atoms with Crippen LogP contribution in [0.3, 0.4) is 0 Å². The van der Waals surface area contributed by atoms with E-state index in [1.807, 2.05) is 12.1 Å². The predicted octanol–water partition coefficient (Wildman–Crippen LogP) is 3.34. The molecule has 0 bridgehead atoms. The van der Waals surface area contributed by atoms with E-state index in [-0.39, 0.29) is 18.1 Å². The largest absolute Gasteiger partial charge is 0.324 e. The van der Waals surface area contributed by atoms with Gasteiger partial charge in [-0.1, -0.05) is 45.0 Å². The molecule has 0 fully saturated rings. The molecule has 0 aliphatic rings. The zero-order valence-corrected chi connectivity index (χ0v) is 9.76. The van der Waals surface area contributed by atoms with Gasteiger partial charge in [0, 0.05) is 6.04 Å². The third kappa shape index (κ3) is 3.31. The molecule has 0 aliphatic heterocycles. The van der Waals surface area contributed by atoms with Crippen molar-refractivity contribution in [1.82, 2.24) is 0 Å². The molecular weight excluding hydrogens is 189 g/mol. The van der Waals surface area contributed by atoms with Crippen molar-refractivity contribution in [3.8, 4) is 0 Å². The van der Waals surface area contributed by atoms with E-state index in [2.05, 4.69) is 32.9 Å². The summed E-state index contributed by atoms with van der Waals surface area (Å²) >= 11 is 0. The summed E-state index contributed by atoms with van der Waals surface area (Å²) in [7, 11) is 0. The average Bonchev–Trinajstić information content (AvgIpc) is 2.17. The van der Waals surface area contributed by atoms with Gasteiger partial charge < -0.3 is 5.73 Å². The number of alkyl halides is 1. The van der Waals surface area contributed by atoms with Gasteiger partial charge in [-0.3, -0.25) is 4.39 Å². The molecular formula is C13H20FN. The molecule has 1 nitrogen and oxygen atoms in total. The Balaban J connectivity index is 2.81. The quantitative estimate of drug-likeness (QED) is 0.811. The number of hydrogen-bond acceptors (Lipinski definition) is 1. The summed E-state index contributed by atoms with van der Waals surface area (Å²) in [4.78, 5) is 0. The van der Waals surface area contributed by atoms with Crippen LogP contribution in [0.2, 0.25) is 0 Å². The highest BCUT2D eigenvalue weighted by molar-refractivity contribution is 5.29. The van der Waals surface area contributed by atoms with Crippen LogP contribution in [0.1, 0.15) is 44.4 Å². The van der Waals surface area contributed by atoms with Crippen LogP contribution in [0.25, 0.3) is 0 Å². The number of hydrogen-bond donors (Lipinski definition) is 1. The second-order valence-corrected chi connectivity index (χ2v) is 4.96. The number of benzene rings is 1. The van der Waals surface area contributed by atoms with E-state index >= 15 is 0 Å². The maximum Gasteiger partial charge on any atom is 0.0912 e. The van der Waals surface area contributed by atoms with E-state index in [0.717, 1.165) is 5.56 Å². The van der Waals surface area contributed by atoms with Gasteiger partial charge in [0.2, 0.25) is 0 Å². The van der Waals surface area contributed by atoms with Crippen LogP contribution in [-0.4, -0.2) is 6.67 Å². The van der Waals surface area contributed by atoms with Crippen molar-refractivity contribution in [2.75, 3.05) is 6.67 Å². The first-order valence-electron chi connectivity index (χ1n) is 5.37. The maximum atomic E-state index is 12.1. The molecule has 2 heteroatoms. The van der Waals surface area contributed by atoms with Crippen LogP contribution in [-0.2, 0) is 5.41 Å². The van der Waals surface area contributed by atoms with E-state index in [1.54, 1.807) is 0 Å². The minimum Gasteiger partial charge on any atom is -0.324 e. The Kier molecular flexibility index (Phi) is 3.86. The molecule has 0 aliphatic carbocycles. The average molecular weight is 209 g/mol. The molecule has 0 aromatic heterocycles. The fourth-order valence-corrected chi connectivity index (χ4v) is 1.51. The van der Waals surface area contributed by atoms with Crippen molar-refractivity contribution in [3.05, 3.63) is 35.4 Å². The molecule has 1 rings (SSSR count). The van der Waals surface area contributed by atoms with Gasteiger partial charge in [0.25, 0.3) is 0 Å². The highest BCUT2D eigenvalue weighted by Gasteiger charge is 2.13. The fraction of sp³-hybridized carbons (Fsp3) is 0.538. The second kappa shape index (κ2) is 4.75. The Bertz CT molecular complexity index is 297. The molecule has 0 unspecified atom stereocenters. The molecule has 0 spiro atoms. The summed E-state index contributed by atoms with van der Waals surface area (Å²) in [6, 6.07) is 7.98. The van der Waals surface area contributed by atoms with Crippen molar-refractivity contribution in [1.29, 1.82) is 0 Å². The van der Waals surface area contributed by atoms with Crippen LogP contribution in [0.15, 0.2) is 24.3 Å². The van der Waals surface area contributed by atoms with Crippen LogP contribution in [0.4, 0.5) is 4.39 Å². The zero-order chi connectivity index (χ0) is 11.5. The fourth-order valence-electron chi connectivity index (χ4n) is 1.51. The highest BCUT2D eigenvalue weighted by Crippen LogP contribution is 2.24. The third-order valence-electron chi connectivity index (χ3n) is 2.62. The Morgan fingerprint density at radius 3 is 2.13 bits per heavy atom. The summed E-state index contributed by atoms with van der Waals surface area (Å²) < 4.78 is 12.1. The first-order valence-corrected chi connectivity index (χ1v) is 5.37. The summed E-state index contributed by atoms with van der Waals surface area (Å²) in [6.45, 7) is 6.15. The monoisotopic (exact) mass is 209 g/mol. The summed E-state index contributed by atoms with van der Waals surface area (Å²) in [5.74, 6) is 0. The lowest BCUT2D eigenvalue weighted by molar-refractivity contribution is 0.441. The molecule has 15 heavy (non-hydrogen) atoms. The molecule has 1 atom stereocenters. The lowest BCUT2D eigenvalue weighted by atomic mass is 9.86. The second-order valence-electron chi connectivity index (χ2n) is 4.96. The Morgan fingerprint density at radius 1 is 1.20 bits per heavy atom. The van der Waals surface area contributed by atoms with Gasteiger partial charge in [0.1, 0.15) is 0 Å². The van der Waals surface area contributed by atoms with Gasteiger partial charge in [-0.15, -0.1) is 0 Å². The third-order valence-corrected chi connectivity index (χ3v) is 2.62. The number of rotatable bonds is 3. The van der Waals surface area contributed by atoms with Crippen molar-refractivity contribution in [3.63, 3.8) is 0 Å². The highest BCUT2D eigenvalue weighted by atomic mass is 19.1. The first-order chi connectivity index (χ1) is 6.95. The molecule has 84 valence electrons. The number of nitrogens with two attached hydrogens (primary N) is 1. The molecule has 1 aromatic carbocycles. The molecule has 0 saturated heterocycles. The maximum absolute atomic E-state index is 12.1. The lowest BCUT2D eigenvalue weighted by Gasteiger charge is -2.20. The van der Waals surface area contributed by atoms with Gasteiger partial charge in [-0.05, 0) is 23.0 Å². The van der Waals surface area contributed by atoms with Crippen molar-refractivity contribution >= 4 is 0 Å². The summed E-state index contributed by atoms with van der Waals surface area (Å²) in [6.07, 6.45) is 0.398. The van der Waals surface area contributed by atoms with Gasteiger partial charge in [-0.2, -0.15) is 0 Å². The molecule has 0 heterocycles. The van der Waals surface area contributed by atoms with Gasteiger partial charge >= 0.3 is 0 Å². The van der Waals surface area contributed by atoms with Gasteiger partial charge in [0.15, 0.2) is 0 Å². The Hall–Kier alpha value is -0.890. The topological polar surface area (TPSA) is 26.0 Å². The van der Waals surface area contributed by atoms with E-state index in [1.165, 1.54) is 5.56 Å². The van der Waals surface area contributed by atoms with E-state index in [9.17, 15) is 4.39 Å². The number of halogens is 1. The minimum atomic E-state index is -0.359. The van der Waals surface area contributed by atoms with Crippen LogP contribution < -0.4 is 5.73 Å². The smallest absolute Gasteiger partial charge is 0.0912 e. The van der Waals surface area contributed by atoms with Gasteiger partial charge in [-0.25, -0.2) is 0 Å². The SMILES string of the molecule is CC(C)(C)c1ccc([C@H](N)CCF)cc1. The lowest BCUT2D eigenvalue weighted by Crippen LogP contribution is -2.13. The van der Waals surface area contributed by atoms with Crippen molar-refractivity contribution < 1.29 is 4.39 Å². The Labute approximate surface area is 91.5 Å². The van der Waals surface area contributed by atoms with Crippen LogP contribution in [0, 0.1) is 0 Å². The molecule has 0 radical (unpaired) electrons. The molecule has 2 N–H and O–H groups in total. The van der Waals surface area contributed by atoms with Crippen molar-refractivity contribution in [2.24, 2.45) is 5.73 Å². The predicted molar refractivity (Wildman–Crippen MR) is 62.7 cm³/mol. The van der Waals surface area contributed by atoms with E-state index in [0.29, 0.717) is 6.42 Å². The van der Waals surface area contributed by atoms with Crippen molar-refractivity contribution in [2.45, 2.75) is 38.6 Å². The normalized spacial score (nSPS) is 13.9.